The lowest BCUT2D eigenvalue weighted by atomic mass is 10.2. The zero-order valence-electron chi connectivity index (χ0n) is 7.74. The number of nitrogens with zero attached hydrogens (tertiary/aromatic N) is 2. The summed E-state index contributed by atoms with van der Waals surface area (Å²) in [6.07, 6.45) is 1.32. The first-order valence-corrected chi connectivity index (χ1v) is 5.72. The minimum Gasteiger partial charge on any atom is -0.210 e. The third kappa shape index (κ3) is 2.05. The number of hydrogen-bond acceptors (Lipinski definition) is 3. The van der Waals surface area contributed by atoms with Crippen LogP contribution in [0.4, 0.5) is 0 Å². The average Bonchev–Trinajstić information content (AvgIpc) is 2.67. The fourth-order valence-electron chi connectivity index (χ4n) is 1.21. The molecule has 1 heterocycles. The topological polar surface area (TPSA) is 78.0 Å². The second-order valence-corrected chi connectivity index (χ2v) is 4.39. The van der Waals surface area contributed by atoms with Crippen LogP contribution < -0.4 is 5.14 Å². The van der Waals surface area contributed by atoms with Gasteiger partial charge in [-0.15, -0.1) is 0 Å². The zero-order chi connectivity index (χ0) is 10.9. The largest absolute Gasteiger partial charge is 0.317 e. The van der Waals surface area contributed by atoms with Crippen LogP contribution in [0.15, 0.2) is 42.6 Å². The zero-order valence-corrected chi connectivity index (χ0v) is 8.55. The van der Waals surface area contributed by atoms with E-state index in [1.807, 2.05) is 30.3 Å². The third-order valence-electron chi connectivity index (χ3n) is 1.90. The Hall–Kier alpha value is -1.66. The molecular weight excluding hydrogens is 214 g/mol. The van der Waals surface area contributed by atoms with E-state index in [0.29, 0.717) is 5.69 Å². The third-order valence-corrected chi connectivity index (χ3v) is 2.62. The Bertz CT molecular complexity index is 560. The molecule has 1 aromatic heterocycles. The monoisotopic (exact) mass is 223 g/mol. The standard InChI is InChI=1S/C9H9N3O2S/c10-15(13,14)12-7-6-9(11-12)8-4-2-1-3-5-8/h1-7H,(H2,10,13,14). The molecule has 0 aliphatic heterocycles. The van der Waals surface area contributed by atoms with Gasteiger partial charge in [-0.05, 0) is 6.07 Å². The fraction of sp³-hybridized carbons (Fsp3) is 0. The molecule has 2 N–H and O–H groups in total. The van der Waals surface area contributed by atoms with Gasteiger partial charge in [0.25, 0.3) is 0 Å². The molecule has 0 radical (unpaired) electrons. The quantitative estimate of drug-likeness (QED) is 0.809. The van der Waals surface area contributed by atoms with E-state index in [9.17, 15) is 8.42 Å². The van der Waals surface area contributed by atoms with E-state index in [4.69, 9.17) is 5.14 Å². The minimum absolute atomic E-state index is 0.574. The van der Waals surface area contributed by atoms with Crippen molar-refractivity contribution in [2.24, 2.45) is 5.14 Å². The van der Waals surface area contributed by atoms with Gasteiger partial charge in [0.1, 0.15) is 0 Å². The lowest BCUT2D eigenvalue weighted by molar-refractivity contribution is 0.582. The van der Waals surface area contributed by atoms with Gasteiger partial charge in [0.05, 0.1) is 5.69 Å². The predicted molar refractivity (Wildman–Crippen MR) is 56.2 cm³/mol. The summed E-state index contributed by atoms with van der Waals surface area (Å²) < 4.78 is 22.7. The summed E-state index contributed by atoms with van der Waals surface area (Å²) in [7, 11) is -3.78. The summed E-state index contributed by atoms with van der Waals surface area (Å²) >= 11 is 0. The molecule has 0 fully saturated rings. The van der Waals surface area contributed by atoms with Gasteiger partial charge in [-0.3, -0.25) is 0 Å². The van der Waals surface area contributed by atoms with Crippen LogP contribution in [-0.2, 0) is 10.2 Å². The minimum atomic E-state index is -3.78. The molecule has 0 saturated heterocycles. The predicted octanol–water partition coefficient (Wildman–Crippen LogP) is 0.602. The van der Waals surface area contributed by atoms with Crippen LogP contribution in [-0.4, -0.2) is 17.6 Å². The molecule has 2 aromatic rings. The molecular formula is C9H9N3O2S. The van der Waals surface area contributed by atoms with Gasteiger partial charge in [-0.1, -0.05) is 30.3 Å². The highest BCUT2D eigenvalue weighted by molar-refractivity contribution is 7.87. The Balaban J connectivity index is 2.46. The molecule has 0 atom stereocenters. The normalized spacial score (nSPS) is 11.5. The SMILES string of the molecule is NS(=O)(=O)n1ccc(-c2ccccc2)n1. The van der Waals surface area contributed by atoms with Crippen LogP contribution in [0.25, 0.3) is 11.3 Å². The summed E-state index contributed by atoms with van der Waals surface area (Å²) in [6.45, 7) is 0. The molecule has 0 aliphatic rings. The van der Waals surface area contributed by atoms with Crippen molar-refractivity contribution >= 4 is 10.2 Å². The summed E-state index contributed by atoms with van der Waals surface area (Å²) in [4.78, 5) is 0. The number of aromatic nitrogens is 2. The van der Waals surface area contributed by atoms with Crippen molar-refractivity contribution in [1.82, 2.24) is 9.19 Å². The van der Waals surface area contributed by atoms with Crippen molar-refractivity contribution in [3.05, 3.63) is 42.6 Å². The summed E-state index contributed by atoms with van der Waals surface area (Å²) in [5.41, 5.74) is 1.42. The maximum absolute atomic E-state index is 11.0. The van der Waals surface area contributed by atoms with Crippen LogP contribution in [0.5, 0.6) is 0 Å². The van der Waals surface area contributed by atoms with E-state index < -0.39 is 10.2 Å². The van der Waals surface area contributed by atoms with Crippen molar-refractivity contribution in [2.75, 3.05) is 0 Å². The second-order valence-electron chi connectivity index (χ2n) is 2.98. The van der Waals surface area contributed by atoms with E-state index in [-0.39, 0.29) is 0 Å². The average molecular weight is 223 g/mol. The molecule has 1 aromatic carbocycles. The van der Waals surface area contributed by atoms with Gasteiger partial charge in [0, 0.05) is 11.8 Å². The molecule has 78 valence electrons. The lowest BCUT2D eigenvalue weighted by Gasteiger charge is -1.96. The first kappa shape index (κ1) is 9.88. The Labute approximate surface area is 87.3 Å². The van der Waals surface area contributed by atoms with Crippen LogP contribution >= 0.6 is 0 Å². The summed E-state index contributed by atoms with van der Waals surface area (Å²) in [5, 5.41) is 8.78. The first-order chi connectivity index (χ1) is 7.07. The van der Waals surface area contributed by atoms with Gasteiger partial charge in [0.2, 0.25) is 0 Å². The van der Waals surface area contributed by atoms with E-state index in [2.05, 4.69) is 5.10 Å². The highest BCUT2D eigenvalue weighted by Gasteiger charge is 2.08. The molecule has 15 heavy (non-hydrogen) atoms. The van der Waals surface area contributed by atoms with Crippen molar-refractivity contribution in [3.63, 3.8) is 0 Å². The molecule has 2 rings (SSSR count). The molecule has 0 bridgehead atoms. The van der Waals surface area contributed by atoms with Gasteiger partial charge in [-0.2, -0.15) is 17.6 Å². The highest BCUT2D eigenvalue weighted by Crippen LogP contribution is 2.15. The van der Waals surface area contributed by atoms with Gasteiger partial charge >= 0.3 is 10.2 Å². The second kappa shape index (κ2) is 3.48. The molecule has 0 amide bonds. The lowest BCUT2D eigenvalue weighted by Crippen LogP contribution is -2.22. The summed E-state index contributed by atoms with van der Waals surface area (Å²) in [6, 6.07) is 10.9. The molecule has 0 aliphatic carbocycles. The van der Waals surface area contributed by atoms with E-state index in [1.54, 1.807) is 6.07 Å². The van der Waals surface area contributed by atoms with Crippen LogP contribution in [0.1, 0.15) is 0 Å². The van der Waals surface area contributed by atoms with Crippen LogP contribution in [0, 0.1) is 0 Å². The number of hydrogen-bond donors (Lipinski definition) is 1. The Morgan fingerprint density at radius 2 is 1.80 bits per heavy atom. The van der Waals surface area contributed by atoms with Crippen LogP contribution in [0.2, 0.25) is 0 Å². The van der Waals surface area contributed by atoms with Gasteiger partial charge < -0.3 is 0 Å². The van der Waals surface area contributed by atoms with Crippen molar-refractivity contribution in [1.29, 1.82) is 0 Å². The number of rotatable bonds is 2. The van der Waals surface area contributed by atoms with E-state index in [1.165, 1.54) is 6.20 Å². The van der Waals surface area contributed by atoms with Gasteiger partial charge in [0.15, 0.2) is 0 Å². The molecule has 6 heteroatoms. The molecule has 0 spiro atoms. The Kier molecular flexibility index (Phi) is 2.29. The number of nitrogens with two attached hydrogens (primary N) is 1. The van der Waals surface area contributed by atoms with Gasteiger partial charge in [-0.25, -0.2) is 5.14 Å². The number of benzene rings is 1. The van der Waals surface area contributed by atoms with E-state index >= 15 is 0 Å². The Morgan fingerprint density at radius 3 is 2.33 bits per heavy atom. The molecule has 0 saturated carbocycles. The van der Waals surface area contributed by atoms with Crippen LogP contribution in [0.3, 0.4) is 0 Å². The van der Waals surface area contributed by atoms with Crippen molar-refractivity contribution < 1.29 is 8.42 Å². The highest BCUT2D eigenvalue weighted by atomic mass is 32.2. The Morgan fingerprint density at radius 1 is 1.13 bits per heavy atom. The van der Waals surface area contributed by atoms with Crippen molar-refractivity contribution in [3.8, 4) is 11.3 Å². The maximum Gasteiger partial charge on any atom is 0.317 e. The molecule has 0 unspecified atom stereocenters. The first-order valence-electron chi connectivity index (χ1n) is 4.22. The smallest absolute Gasteiger partial charge is 0.210 e. The molecule has 5 nitrogen and oxygen atoms in total. The fourth-order valence-corrected chi connectivity index (χ4v) is 1.64. The van der Waals surface area contributed by atoms with Crippen molar-refractivity contribution in [2.45, 2.75) is 0 Å². The maximum atomic E-state index is 11.0. The summed E-state index contributed by atoms with van der Waals surface area (Å²) in [5.74, 6) is 0. The van der Waals surface area contributed by atoms with E-state index in [0.717, 1.165) is 9.65 Å².